The third kappa shape index (κ3) is 3.48. The van der Waals surface area contributed by atoms with Crippen molar-refractivity contribution in [1.29, 1.82) is 0 Å². The molecular weight excluding hydrogens is 286 g/mol. The van der Waals surface area contributed by atoms with E-state index in [-0.39, 0.29) is 16.3 Å². The lowest BCUT2D eigenvalue weighted by Gasteiger charge is -2.08. The number of anilines is 1. The normalized spacial score (nSPS) is 11.0. The molecule has 1 aromatic carbocycles. The molecule has 2 aromatic rings. The molecule has 3 N–H and O–H groups in total. The van der Waals surface area contributed by atoms with Crippen molar-refractivity contribution in [1.82, 2.24) is 10.2 Å². The van der Waals surface area contributed by atoms with Crippen molar-refractivity contribution in [3.8, 4) is 5.75 Å². The summed E-state index contributed by atoms with van der Waals surface area (Å²) in [4.78, 5) is 10.4. The van der Waals surface area contributed by atoms with Crippen LogP contribution in [0.15, 0.2) is 41.6 Å². The van der Waals surface area contributed by atoms with Gasteiger partial charge in [-0.3, -0.25) is 9.82 Å². The van der Waals surface area contributed by atoms with Crippen molar-refractivity contribution >= 4 is 21.7 Å². The average molecular weight is 297 g/mol. The number of aromatic amines is 1. The minimum Gasteiger partial charge on any atom is -0.482 e. The third-order valence-electron chi connectivity index (χ3n) is 2.23. The second kappa shape index (κ2) is 5.61. The van der Waals surface area contributed by atoms with Gasteiger partial charge in [0.1, 0.15) is 10.6 Å². The molecule has 8 nitrogen and oxygen atoms in total. The zero-order chi connectivity index (χ0) is 14.6. The molecular formula is C11H11N3O5S. The number of hydrogen-bond donors (Lipinski definition) is 3. The van der Waals surface area contributed by atoms with Crippen LogP contribution in [-0.2, 0) is 14.8 Å². The maximum Gasteiger partial charge on any atom is 0.341 e. The number of H-pyrrole nitrogens is 1. The van der Waals surface area contributed by atoms with Crippen molar-refractivity contribution in [2.75, 3.05) is 11.3 Å². The highest BCUT2D eigenvalue weighted by molar-refractivity contribution is 7.92. The van der Waals surface area contributed by atoms with E-state index in [0.717, 1.165) is 0 Å². The monoisotopic (exact) mass is 297 g/mol. The van der Waals surface area contributed by atoms with E-state index in [1.807, 2.05) is 0 Å². The van der Waals surface area contributed by atoms with Crippen LogP contribution in [-0.4, -0.2) is 36.3 Å². The Morgan fingerprint density at radius 1 is 1.45 bits per heavy atom. The molecule has 0 amide bonds. The van der Waals surface area contributed by atoms with E-state index in [1.165, 1.54) is 30.6 Å². The summed E-state index contributed by atoms with van der Waals surface area (Å²) in [7, 11) is -3.73. The van der Waals surface area contributed by atoms with Crippen LogP contribution in [0.25, 0.3) is 0 Å². The number of carboxylic acids is 1. The predicted octanol–water partition coefficient (Wildman–Crippen LogP) is 0.674. The van der Waals surface area contributed by atoms with E-state index in [2.05, 4.69) is 14.9 Å². The Morgan fingerprint density at radius 3 is 2.90 bits per heavy atom. The van der Waals surface area contributed by atoms with E-state index >= 15 is 0 Å². The summed E-state index contributed by atoms with van der Waals surface area (Å²) in [5.74, 6) is -0.867. The second-order valence-electron chi connectivity index (χ2n) is 3.75. The molecule has 0 bridgehead atoms. The van der Waals surface area contributed by atoms with Crippen LogP contribution in [0, 0.1) is 0 Å². The van der Waals surface area contributed by atoms with Gasteiger partial charge in [0.05, 0.1) is 11.9 Å². The Balaban J connectivity index is 2.14. The number of sulfonamides is 1. The number of nitrogens with zero attached hydrogens (tertiary/aromatic N) is 1. The van der Waals surface area contributed by atoms with Gasteiger partial charge >= 0.3 is 5.97 Å². The van der Waals surface area contributed by atoms with Gasteiger partial charge in [-0.25, -0.2) is 13.2 Å². The standard InChI is InChI=1S/C11H11N3O5S/c15-11(16)7-19-9-3-1-2-8(4-9)14-20(17,18)10-5-12-13-6-10/h1-6,14H,7H2,(H,12,13)(H,15,16). The highest BCUT2D eigenvalue weighted by atomic mass is 32.2. The topological polar surface area (TPSA) is 121 Å². The van der Waals surface area contributed by atoms with E-state index < -0.39 is 22.6 Å². The van der Waals surface area contributed by atoms with Gasteiger partial charge in [-0.15, -0.1) is 0 Å². The Morgan fingerprint density at radius 2 is 2.25 bits per heavy atom. The largest absolute Gasteiger partial charge is 0.482 e. The molecule has 0 unspecified atom stereocenters. The van der Waals surface area contributed by atoms with Gasteiger partial charge in [-0.1, -0.05) is 6.07 Å². The van der Waals surface area contributed by atoms with Crippen LogP contribution >= 0.6 is 0 Å². The molecule has 0 saturated heterocycles. The van der Waals surface area contributed by atoms with Crippen LogP contribution in [0.3, 0.4) is 0 Å². The Labute approximate surface area is 114 Å². The van der Waals surface area contributed by atoms with E-state index in [4.69, 9.17) is 9.84 Å². The van der Waals surface area contributed by atoms with Gasteiger partial charge < -0.3 is 9.84 Å². The van der Waals surface area contributed by atoms with Gasteiger partial charge in [0.2, 0.25) is 0 Å². The van der Waals surface area contributed by atoms with Crippen molar-refractivity contribution < 1.29 is 23.1 Å². The quantitative estimate of drug-likeness (QED) is 0.720. The lowest BCUT2D eigenvalue weighted by atomic mass is 10.3. The van der Waals surface area contributed by atoms with Crippen LogP contribution in [0.1, 0.15) is 0 Å². The molecule has 20 heavy (non-hydrogen) atoms. The number of aliphatic carboxylic acids is 1. The van der Waals surface area contributed by atoms with Gasteiger partial charge in [-0.2, -0.15) is 5.10 Å². The van der Waals surface area contributed by atoms with Crippen LogP contribution in [0.5, 0.6) is 5.75 Å². The number of aromatic nitrogens is 2. The molecule has 106 valence electrons. The number of nitrogens with one attached hydrogen (secondary N) is 2. The molecule has 0 spiro atoms. The van der Waals surface area contributed by atoms with Gasteiger partial charge in [0.25, 0.3) is 10.0 Å². The maximum atomic E-state index is 11.9. The Kier molecular flexibility index (Phi) is 3.89. The zero-order valence-corrected chi connectivity index (χ0v) is 10.9. The summed E-state index contributed by atoms with van der Waals surface area (Å²) in [5, 5.41) is 14.5. The summed E-state index contributed by atoms with van der Waals surface area (Å²) in [5.41, 5.74) is 0.258. The number of ether oxygens (including phenoxy) is 1. The Hall–Kier alpha value is -2.55. The molecule has 0 atom stereocenters. The van der Waals surface area contributed by atoms with Crippen molar-refractivity contribution in [2.24, 2.45) is 0 Å². The minimum absolute atomic E-state index is 0.00522. The molecule has 0 aliphatic carbocycles. The number of carbonyl (C=O) groups is 1. The second-order valence-corrected chi connectivity index (χ2v) is 5.43. The summed E-state index contributed by atoms with van der Waals surface area (Å²) in [6.07, 6.45) is 2.42. The van der Waals surface area contributed by atoms with Crippen molar-refractivity contribution in [3.05, 3.63) is 36.7 Å². The molecule has 0 saturated carbocycles. The first-order valence-electron chi connectivity index (χ1n) is 5.43. The van der Waals surface area contributed by atoms with E-state index in [0.29, 0.717) is 0 Å². The fourth-order valence-electron chi connectivity index (χ4n) is 1.39. The highest BCUT2D eigenvalue weighted by Crippen LogP contribution is 2.20. The molecule has 2 rings (SSSR count). The Bertz CT molecular complexity index is 697. The summed E-state index contributed by atoms with van der Waals surface area (Å²) in [6.45, 7) is -0.502. The van der Waals surface area contributed by atoms with E-state index in [9.17, 15) is 13.2 Å². The molecule has 1 heterocycles. The average Bonchev–Trinajstić information content (AvgIpc) is 2.91. The lowest BCUT2D eigenvalue weighted by Crippen LogP contribution is -2.13. The van der Waals surface area contributed by atoms with Crippen LogP contribution in [0.4, 0.5) is 5.69 Å². The number of benzene rings is 1. The zero-order valence-electron chi connectivity index (χ0n) is 10.1. The fourth-order valence-corrected chi connectivity index (χ4v) is 2.35. The number of carboxylic acid groups (broad SMARTS) is 1. The molecule has 0 aliphatic rings. The third-order valence-corrected chi connectivity index (χ3v) is 3.58. The first kappa shape index (κ1) is 13.9. The maximum absolute atomic E-state index is 11.9. The summed E-state index contributed by atoms with van der Waals surface area (Å²) < 4.78 is 31.2. The van der Waals surface area contributed by atoms with Crippen molar-refractivity contribution in [3.63, 3.8) is 0 Å². The highest BCUT2D eigenvalue weighted by Gasteiger charge is 2.15. The van der Waals surface area contributed by atoms with Gasteiger partial charge in [-0.05, 0) is 12.1 Å². The summed E-state index contributed by atoms with van der Waals surface area (Å²) >= 11 is 0. The number of hydrogen-bond acceptors (Lipinski definition) is 5. The first-order chi connectivity index (χ1) is 9.47. The molecule has 0 aliphatic heterocycles. The molecule has 0 fully saturated rings. The number of rotatable bonds is 6. The first-order valence-corrected chi connectivity index (χ1v) is 6.92. The van der Waals surface area contributed by atoms with Crippen LogP contribution in [0.2, 0.25) is 0 Å². The lowest BCUT2D eigenvalue weighted by molar-refractivity contribution is -0.139. The SMILES string of the molecule is O=C(O)COc1cccc(NS(=O)(=O)c2cn[nH]c2)c1. The van der Waals surface area contributed by atoms with Crippen LogP contribution < -0.4 is 9.46 Å². The van der Waals surface area contributed by atoms with Crippen molar-refractivity contribution in [2.45, 2.75) is 4.90 Å². The predicted molar refractivity (Wildman–Crippen MR) is 69.0 cm³/mol. The van der Waals surface area contributed by atoms with Gasteiger partial charge in [0.15, 0.2) is 6.61 Å². The fraction of sp³-hybridized carbons (Fsp3) is 0.0909. The van der Waals surface area contributed by atoms with Gasteiger partial charge in [0, 0.05) is 12.3 Å². The smallest absolute Gasteiger partial charge is 0.341 e. The minimum atomic E-state index is -3.73. The summed E-state index contributed by atoms with van der Waals surface area (Å²) in [6, 6.07) is 5.98. The van der Waals surface area contributed by atoms with E-state index in [1.54, 1.807) is 6.07 Å². The molecule has 1 aromatic heterocycles. The molecule has 0 radical (unpaired) electrons. The molecule has 9 heteroatoms.